The van der Waals surface area contributed by atoms with Crippen LogP contribution in [0.15, 0.2) is 12.1 Å². The van der Waals surface area contributed by atoms with Gasteiger partial charge in [0.05, 0.1) is 20.3 Å². The topological polar surface area (TPSA) is 41.9 Å². The molecule has 2 rings (SSSR count). The number of piperidine rings is 1. The molecule has 106 valence electrons. The third kappa shape index (κ3) is 2.85. The first-order valence-electron chi connectivity index (χ1n) is 6.66. The number of likely N-dealkylation sites (N-methyl/N-ethyl adjacent to an activating group) is 1. The molecule has 0 radical (unpaired) electrons. The summed E-state index contributed by atoms with van der Waals surface area (Å²) in [5.41, 5.74) is 2.23. The van der Waals surface area contributed by atoms with Crippen LogP contribution < -0.4 is 9.47 Å². The van der Waals surface area contributed by atoms with Crippen LogP contribution in [0.5, 0.6) is 11.5 Å². The van der Waals surface area contributed by atoms with E-state index in [0.29, 0.717) is 6.54 Å². The summed E-state index contributed by atoms with van der Waals surface area (Å²) in [6.07, 6.45) is 0.598. The quantitative estimate of drug-likeness (QED) is 0.905. The molecular weight excluding hydrogens is 242 g/mol. The van der Waals surface area contributed by atoms with Crippen molar-refractivity contribution < 1.29 is 14.6 Å². The van der Waals surface area contributed by atoms with Gasteiger partial charge in [0.25, 0.3) is 0 Å². The van der Waals surface area contributed by atoms with Crippen LogP contribution in [0.2, 0.25) is 0 Å². The molecule has 1 aromatic carbocycles. The number of rotatable bonds is 3. The Morgan fingerprint density at radius 3 is 2.58 bits per heavy atom. The molecule has 0 spiro atoms. The lowest BCUT2D eigenvalue weighted by Gasteiger charge is -2.35. The molecule has 2 atom stereocenters. The largest absolute Gasteiger partial charge is 0.497 e. The minimum atomic E-state index is -0.347. The second-order valence-electron chi connectivity index (χ2n) is 5.28. The molecule has 1 N–H and O–H groups in total. The van der Waals surface area contributed by atoms with Crippen LogP contribution in [0.4, 0.5) is 0 Å². The summed E-state index contributed by atoms with van der Waals surface area (Å²) in [7, 11) is 5.36. The maximum Gasteiger partial charge on any atom is 0.126 e. The van der Waals surface area contributed by atoms with Gasteiger partial charge in [-0.1, -0.05) is 0 Å². The number of likely N-dealkylation sites (tertiary alicyclic amines) is 1. The van der Waals surface area contributed by atoms with E-state index in [1.807, 2.05) is 26.1 Å². The number of aryl methyl sites for hydroxylation is 1. The number of nitrogens with zero attached hydrogens (tertiary/aromatic N) is 1. The molecule has 0 bridgehead atoms. The Kier molecular flexibility index (Phi) is 4.32. The monoisotopic (exact) mass is 265 g/mol. The van der Waals surface area contributed by atoms with Gasteiger partial charge in [-0.15, -0.1) is 0 Å². The molecule has 0 aromatic heterocycles. The maximum absolute atomic E-state index is 10.3. The number of hydrogen-bond acceptors (Lipinski definition) is 4. The van der Waals surface area contributed by atoms with Crippen molar-refractivity contribution in [2.75, 3.05) is 34.4 Å². The van der Waals surface area contributed by atoms with Crippen molar-refractivity contribution in [2.24, 2.45) is 0 Å². The summed E-state index contributed by atoms with van der Waals surface area (Å²) >= 11 is 0. The van der Waals surface area contributed by atoms with E-state index in [9.17, 15) is 5.11 Å². The summed E-state index contributed by atoms with van der Waals surface area (Å²) in [6, 6.07) is 3.90. The van der Waals surface area contributed by atoms with Crippen molar-refractivity contribution in [3.8, 4) is 11.5 Å². The summed E-state index contributed by atoms with van der Waals surface area (Å²) in [4.78, 5) is 2.16. The molecule has 19 heavy (non-hydrogen) atoms. The first-order valence-corrected chi connectivity index (χ1v) is 6.66. The van der Waals surface area contributed by atoms with E-state index in [1.54, 1.807) is 14.2 Å². The van der Waals surface area contributed by atoms with E-state index in [4.69, 9.17) is 9.47 Å². The third-order valence-corrected chi connectivity index (χ3v) is 3.93. The van der Waals surface area contributed by atoms with E-state index in [1.165, 1.54) is 0 Å². The fraction of sp³-hybridized carbons (Fsp3) is 0.600. The highest BCUT2D eigenvalue weighted by Crippen LogP contribution is 2.38. The number of aliphatic hydroxyl groups is 1. The van der Waals surface area contributed by atoms with Gasteiger partial charge in [0.15, 0.2) is 0 Å². The molecule has 1 saturated heterocycles. The van der Waals surface area contributed by atoms with Crippen LogP contribution in [0.25, 0.3) is 0 Å². The van der Waals surface area contributed by atoms with Gasteiger partial charge in [-0.25, -0.2) is 0 Å². The van der Waals surface area contributed by atoms with Crippen molar-refractivity contribution in [3.63, 3.8) is 0 Å². The second kappa shape index (κ2) is 5.80. The SMILES string of the molecule is COc1cc(C)c(C2CCN(C)C[C@H]2O)c(OC)c1. The summed E-state index contributed by atoms with van der Waals surface area (Å²) < 4.78 is 10.8. The number of methoxy groups -OCH3 is 2. The van der Waals surface area contributed by atoms with E-state index < -0.39 is 0 Å². The highest BCUT2D eigenvalue weighted by molar-refractivity contribution is 5.48. The molecule has 0 saturated carbocycles. The molecule has 1 fully saturated rings. The molecule has 0 aliphatic carbocycles. The van der Waals surface area contributed by atoms with E-state index in [0.717, 1.165) is 35.6 Å². The fourth-order valence-corrected chi connectivity index (χ4v) is 2.92. The van der Waals surface area contributed by atoms with Crippen LogP contribution in [0.3, 0.4) is 0 Å². The Labute approximate surface area is 114 Å². The lowest BCUT2D eigenvalue weighted by Crippen LogP contribution is -2.40. The molecule has 1 unspecified atom stereocenters. The predicted molar refractivity (Wildman–Crippen MR) is 75.1 cm³/mol. The van der Waals surface area contributed by atoms with E-state index in [-0.39, 0.29) is 12.0 Å². The van der Waals surface area contributed by atoms with Crippen molar-refractivity contribution in [1.29, 1.82) is 0 Å². The normalized spacial score (nSPS) is 24.3. The van der Waals surface area contributed by atoms with Gasteiger partial charge in [-0.3, -0.25) is 0 Å². The predicted octanol–water partition coefficient (Wildman–Crippen LogP) is 1.79. The highest BCUT2D eigenvalue weighted by Gasteiger charge is 2.30. The third-order valence-electron chi connectivity index (χ3n) is 3.93. The van der Waals surface area contributed by atoms with Gasteiger partial charge in [-0.2, -0.15) is 0 Å². The van der Waals surface area contributed by atoms with Crippen LogP contribution in [0.1, 0.15) is 23.5 Å². The Balaban J connectivity index is 2.38. The van der Waals surface area contributed by atoms with Crippen LogP contribution in [-0.2, 0) is 0 Å². The van der Waals surface area contributed by atoms with Crippen molar-refractivity contribution >= 4 is 0 Å². The van der Waals surface area contributed by atoms with Crippen molar-refractivity contribution in [2.45, 2.75) is 25.4 Å². The Morgan fingerprint density at radius 1 is 1.26 bits per heavy atom. The molecule has 4 nitrogen and oxygen atoms in total. The average molecular weight is 265 g/mol. The molecule has 4 heteroatoms. The van der Waals surface area contributed by atoms with Gasteiger partial charge in [0.1, 0.15) is 11.5 Å². The molecule has 1 aliphatic rings. The minimum Gasteiger partial charge on any atom is -0.497 e. The average Bonchev–Trinajstić information content (AvgIpc) is 2.39. The number of β-amino-alcohol motifs (C(OH)–C–C–N with tert-alkyl or cyclic N) is 1. The zero-order chi connectivity index (χ0) is 14.0. The van der Waals surface area contributed by atoms with Crippen LogP contribution in [-0.4, -0.2) is 50.5 Å². The fourth-order valence-electron chi connectivity index (χ4n) is 2.92. The van der Waals surface area contributed by atoms with Gasteiger partial charge >= 0.3 is 0 Å². The maximum atomic E-state index is 10.3. The van der Waals surface area contributed by atoms with Crippen molar-refractivity contribution in [1.82, 2.24) is 4.90 Å². The lowest BCUT2D eigenvalue weighted by atomic mass is 9.84. The standard InChI is InChI=1S/C15H23NO3/c1-10-7-11(18-3)8-14(19-4)15(10)12-5-6-16(2)9-13(12)17/h7-8,12-13,17H,5-6,9H2,1-4H3/t12?,13-/m1/s1. The first kappa shape index (κ1) is 14.2. The summed E-state index contributed by atoms with van der Waals surface area (Å²) in [5, 5.41) is 10.3. The molecular formula is C15H23NO3. The minimum absolute atomic E-state index is 0.136. The Morgan fingerprint density at radius 2 is 2.00 bits per heavy atom. The molecule has 1 heterocycles. The Hall–Kier alpha value is -1.26. The lowest BCUT2D eigenvalue weighted by molar-refractivity contribution is 0.0627. The second-order valence-corrected chi connectivity index (χ2v) is 5.28. The Bertz CT molecular complexity index is 447. The molecule has 0 amide bonds. The number of aliphatic hydroxyl groups excluding tert-OH is 1. The van der Waals surface area contributed by atoms with Crippen LogP contribution in [0, 0.1) is 6.92 Å². The van der Waals surface area contributed by atoms with E-state index in [2.05, 4.69) is 4.90 Å². The summed E-state index contributed by atoms with van der Waals surface area (Å²) in [6.45, 7) is 3.75. The molecule has 1 aromatic rings. The van der Waals surface area contributed by atoms with E-state index >= 15 is 0 Å². The molecule has 1 aliphatic heterocycles. The summed E-state index contributed by atoms with van der Waals surface area (Å²) in [5.74, 6) is 1.74. The first-order chi connectivity index (χ1) is 9.06. The number of hydrogen-bond donors (Lipinski definition) is 1. The van der Waals surface area contributed by atoms with Gasteiger partial charge in [-0.05, 0) is 38.6 Å². The smallest absolute Gasteiger partial charge is 0.126 e. The number of benzene rings is 1. The highest BCUT2D eigenvalue weighted by atomic mass is 16.5. The zero-order valence-corrected chi connectivity index (χ0v) is 12.1. The van der Waals surface area contributed by atoms with Gasteiger partial charge in [0.2, 0.25) is 0 Å². The number of ether oxygens (including phenoxy) is 2. The van der Waals surface area contributed by atoms with Gasteiger partial charge < -0.3 is 19.5 Å². The van der Waals surface area contributed by atoms with Gasteiger partial charge in [0, 0.05) is 24.1 Å². The zero-order valence-electron chi connectivity index (χ0n) is 12.1. The van der Waals surface area contributed by atoms with Crippen molar-refractivity contribution in [3.05, 3.63) is 23.3 Å². The van der Waals surface area contributed by atoms with Crippen LogP contribution >= 0.6 is 0 Å².